The Morgan fingerprint density at radius 1 is 1.27 bits per heavy atom. The number of hydrogen-bond donors (Lipinski definition) is 0. The predicted molar refractivity (Wildman–Crippen MR) is 59.1 cm³/mol. The van der Waals surface area contributed by atoms with E-state index in [4.69, 9.17) is 24.9 Å². The number of fused-ring (bicyclic) bond motifs is 2. The zero-order valence-corrected chi connectivity index (χ0v) is 11.7. The zero-order chi connectivity index (χ0) is 10.8. The van der Waals surface area contributed by atoms with Crippen LogP contribution in [0.5, 0.6) is 11.5 Å². The summed E-state index contributed by atoms with van der Waals surface area (Å²) in [5.41, 5.74) is 2.50. The molecule has 4 rings (SSSR count). The SMILES string of the molecule is Clc1ccc2c(C3=CC=CC3)c1O2.[Cl][Zr]. The van der Waals surface area contributed by atoms with Crippen LogP contribution in [0.15, 0.2) is 30.4 Å². The van der Waals surface area contributed by atoms with Crippen LogP contribution in [0.3, 0.4) is 0 Å². The Bertz CT molecular complexity index is 452. The van der Waals surface area contributed by atoms with Gasteiger partial charge in [0, 0.05) is 0 Å². The van der Waals surface area contributed by atoms with Crippen molar-refractivity contribution in [3.8, 4) is 11.5 Å². The molecule has 1 nitrogen and oxygen atoms in total. The molecule has 0 fully saturated rings. The second-order valence-electron chi connectivity index (χ2n) is 3.18. The molecule has 1 aromatic rings. The van der Waals surface area contributed by atoms with Crippen LogP contribution < -0.4 is 4.74 Å². The van der Waals surface area contributed by atoms with E-state index < -0.39 is 0 Å². The molecule has 0 radical (unpaired) electrons. The van der Waals surface area contributed by atoms with Crippen LogP contribution in [0.4, 0.5) is 0 Å². The molecule has 1 aromatic carbocycles. The zero-order valence-electron chi connectivity index (χ0n) is 7.76. The van der Waals surface area contributed by atoms with Gasteiger partial charge < -0.3 is 4.74 Å². The van der Waals surface area contributed by atoms with Gasteiger partial charge in [-0.25, -0.2) is 0 Å². The van der Waals surface area contributed by atoms with Crippen molar-refractivity contribution in [3.63, 3.8) is 0 Å². The summed E-state index contributed by atoms with van der Waals surface area (Å²) in [5.74, 6) is 1.79. The molecule has 0 aromatic heterocycles. The van der Waals surface area contributed by atoms with Gasteiger partial charge in [0.25, 0.3) is 0 Å². The maximum atomic E-state index is 5.96. The summed E-state index contributed by atoms with van der Waals surface area (Å²) in [6.45, 7) is 0. The van der Waals surface area contributed by atoms with E-state index in [2.05, 4.69) is 18.2 Å². The summed E-state index contributed by atoms with van der Waals surface area (Å²) in [6, 6.07) is 3.80. The standard InChI is InChI=1S/C11H7ClO.ClH.Zr/c12-8-5-6-9-10(11(8)13-9)7-3-1-2-4-7;;/h1-3,5-6H,4H2;1H;/q;;+1/p-1. The van der Waals surface area contributed by atoms with Gasteiger partial charge in [-0.05, 0) is 24.1 Å². The van der Waals surface area contributed by atoms with Gasteiger partial charge in [-0.3, -0.25) is 0 Å². The molecule has 2 heterocycles. The van der Waals surface area contributed by atoms with E-state index in [-0.39, 0.29) is 0 Å². The van der Waals surface area contributed by atoms with Crippen molar-refractivity contribution in [2.24, 2.45) is 0 Å². The maximum absolute atomic E-state index is 5.96. The monoisotopic (exact) mass is 315 g/mol. The van der Waals surface area contributed by atoms with Crippen LogP contribution in [0.1, 0.15) is 12.0 Å². The van der Waals surface area contributed by atoms with Gasteiger partial charge in [0.05, 0.1) is 10.6 Å². The number of halogens is 2. The van der Waals surface area contributed by atoms with Crippen LogP contribution >= 0.6 is 20.1 Å². The Labute approximate surface area is 112 Å². The van der Waals surface area contributed by atoms with Crippen LogP contribution in [-0.4, -0.2) is 0 Å². The average Bonchev–Trinajstić information content (AvgIpc) is 2.73. The van der Waals surface area contributed by atoms with Crippen molar-refractivity contribution in [1.29, 1.82) is 0 Å². The number of allylic oxidation sites excluding steroid dienone is 4. The number of ether oxygens (including phenoxy) is 1. The van der Waals surface area contributed by atoms with Crippen molar-refractivity contribution >= 4 is 25.7 Å². The first-order valence-corrected chi connectivity index (χ1v) is 7.96. The molecule has 0 N–H and O–H groups in total. The van der Waals surface area contributed by atoms with Gasteiger partial charge in [-0.1, -0.05) is 29.8 Å². The summed E-state index contributed by atoms with van der Waals surface area (Å²) in [4.78, 5) is 0. The van der Waals surface area contributed by atoms with E-state index in [1.54, 1.807) is 0 Å². The normalized spacial score (nSPS) is 14.6. The Kier molecular flexibility index (Phi) is 3.71. The fourth-order valence-electron chi connectivity index (χ4n) is 1.72. The summed E-state index contributed by atoms with van der Waals surface area (Å²) in [6.07, 6.45) is 7.30. The summed E-state index contributed by atoms with van der Waals surface area (Å²) >= 11 is 6.99. The molecule has 0 unspecified atom stereocenters. The van der Waals surface area contributed by atoms with Gasteiger partial charge >= 0.3 is 32.0 Å². The third kappa shape index (κ3) is 1.96. The first kappa shape index (κ1) is 11.4. The quantitative estimate of drug-likeness (QED) is 0.754. The summed E-state index contributed by atoms with van der Waals surface area (Å²) in [7, 11) is 4.73. The molecule has 0 spiro atoms. The third-order valence-corrected chi connectivity index (χ3v) is 2.67. The Hall–Kier alpha value is -0.0369. The topological polar surface area (TPSA) is 9.23 Å². The molecule has 15 heavy (non-hydrogen) atoms. The van der Waals surface area contributed by atoms with Crippen LogP contribution in [-0.2, 0) is 23.5 Å². The number of benzene rings is 1. The Morgan fingerprint density at radius 2 is 2.07 bits per heavy atom. The first-order valence-electron chi connectivity index (χ1n) is 4.41. The fraction of sp³-hybridized carbons (Fsp3) is 0.0909. The first-order chi connectivity index (χ1) is 7.36. The van der Waals surface area contributed by atoms with Crippen molar-refractivity contribution in [1.82, 2.24) is 0 Å². The molecule has 3 aliphatic rings. The summed E-state index contributed by atoms with van der Waals surface area (Å²) < 4.78 is 5.38. The van der Waals surface area contributed by atoms with Crippen LogP contribution in [0.25, 0.3) is 5.57 Å². The minimum atomic E-state index is 0.706. The van der Waals surface area contributed by atoms with Crippen LogP contribution in [0.2, 0.25) is 5.02 Å². The Balaban J connectivity index is 0.000000404. The molecule has 0 saturated heterocycles. The molecule has 0 saturated carbocycles. The van der Waals surface area contributed by atoms with E-state index in [1.807, 2.05) is 12.1 Å². The van der Waals surface area contributed by atoms with Crippen molar-refractivity contribution in [2.75, 3.05) is 0 Å². The van der Waals surface area contributed by atoms with E-state index in [1.165, 1.54) is 11.1 Å². The van der Waals surface area contributed by atoms with E-state index in [9.17, 15) is 0 Å². The molecular formula is C11H7Cl2OZr. The van der Waals surface area contributed by atoms with E-state index >= 15 is 0 Å². The molecule has 2 bridgehead atoms. The molecule has 0 atom stereocenters. The molecule has 75 valence electrons. The third-order valence-electron chi connectivity index (χ3n) is 2.38. The molecule has 0 amide bonds. The summed E-state index contributed by atoms with van der Waals surface area (Å²) in [5, 5.41) is 0.706. The van der Waals surface area contributed by atoms with Gasteiger partial charge in [-0.15, -0.1) is 0 Å². The van der Waals surface area contributed by atoms with Crippen LogP contribution in [0, 0.1) is 0 Å². The van der Waals surface area contributed by atoms with Crippen molar-refractivity contribution in [3.05, 3.63) is 40.9 Å². The number of rotatable bonds is 1. The minimum absolute atomic E-state index is 0.706. The van der Waals surface area contributed by atoms with Gasteiger partial charge in [0.2, 0.25) is 0 Å². The van der Waals surface area contributed by atoms with Crippen molar-refractivity contribution in [2.45, 2.75) is 6.42 Å². The van der Waals surface area contributed by atoms with Gasteiger partial charge in [0.15, 0.2) is 5.75 Å². The average molecular weight is 317 g/mol. The number of hydrogen-bond acceptors (Lipinski definition) is 1. The second kappa shape index (κ2) is 4.86. The molecule has 4 heteroatoms. The second-order valence-corrected chi connectivity index (χ2v) is 3.58. The van der Waals surface area contributed by atoms with Gasteiger partial charge in [-0.2, -0.15) is 0 Å². The van der Waals surface area contributed by atoms with E-state index in [0.29, 0.717) is 5.02 Å². The predicted octanol–water partition coefficient (Wildman–Crippen LogP) is 4.48. The molecule has 2 aliphatic heterocycles. The Morgan fingerprint density at radius 3 is 2.60 bits per heavy atom. The molecular weight excluding hydrogens is 310 g/mol. The van der Waals surface area contributed by atoms with E-state index in [0.717, 1.165) is 41.4 Å². The fourth-order valence-corrected chi connectivity index (χ4v) is 1.92. The van der Waals surface area contributed by atoms with Gasteiger partial charge in [0.1, 0.15) is 5.75 Å². The molecule has 1 aliphatic carbocycles. The van der Waals surface area contributed by atoms with Crippen molar-refractivity contribution < 1.29 is 28.3 Å².